The van der Waals surface area contributed by atoms with Gasteiger partial charge in [0.25, 0.3) is 0 Å². The molecule has 0 amide bonds. The summed E-state index contributed by atoms with van der Waals surface area (Å²) in [5, 5.41) is 4.41. The molecule has 1 aromatic rings. The van der Waals surface area contributed by atoms with E-state index in [1.165, 1.54) is 11.1 Å². The van der Waals surface area contributed by atoms with Gasteiger partial charge in [0.05, 0.1) is 11.7 Å². The van der Waals surface area contributed by atoms with Crippen molar-refractivity contribution in [3.05, 3.63) is 35.4 Å². The van der Waals surface area contributed by atoms with E-state index in [0.717, 1.165) is 25.9 Å². The Labute approximate surface area is 90.6 Å². The van der Waals surface area contributed by atoms with Gasteiger partial charge in [-0.2, -0.15) is 0 Å². The Morgan fingerprint density at radius 3 is 2.80 bits per heavy atom. The molecule has 2 heterocycles. The third kappa shape index (κ3) is 1.32. The van der Waals surface area contributed by atoms with Crippen LogP contribution in [0.5, 0.6) is 0 Å². The molecule has 1 unspecified atom stereocenters. The summed E-state index contributed by atoms with van der Waals surface area (Å²) in [5.41, 5.74) is 2.77. The molecule has 79 valence electrons. The lowest BCUT2D eigenvalue weighted by Gasteiger charge is -2.33. The van der Waals surface area contributed by atoms with Crippen LogP contribution in [0.3, 0.4) is 0 Å². The van der Waals surface area contributed by atoms with Crippen molar-refractivity contribution in [2.75, 3.05) is 13.1 Å². The maximum absolute atomic E-state index is 6.20. The fourth-order valence-corrected chi connectivity index (χ4v) is 2.88. The zero-order valence-corrected chi connectivity index (χ0v) is 9.07. The van der Waals surface area contributed by atoms with Crippen molar-refractivity contribution in [2.45, 2.75) is 31.5 Å². The fourth-order valence-electron chi connectivity index (χ4n) is 2.88. The number of piperidine rings is 1. The zero-order valence-electron chi connectivity index (χ0n) is 9.07. The van der Waals surface area contributed by atoms with E-state index in [9.17, 15) is 0 Å². The molecule has 1 aromatic carbocycles. The Morgan fingerprint density at radius 1 is 1.27 bits per heavy atom. The van der Waals surface area contributed by atoms with Gasteiger partial charge in [-0.25, -0.2) is 5.32 Å². The Morgan fingerprint density at radius 2 is 2.00 bits per heavy atom. The fraction of sp³-hybridized carbons (Fsp3) is 0.538. The molecule has 0 N–H and O–H groups in total. The average Bonchev–Trinajstić information content (AvgIpc) is 2.55. The average molecular weight is 202 g/mol. The van der Waals surface area contributed by atoms with Crippen molar-refractivity contribution in [3.63, 3.8) is 0 Å². The molecule has 2 nitrogen and oxygen atoms in total. The van der Waals surface area contributed by atoms with E-state index in [-0.39, 0.29) is 11.7 Å². The van der Waals surface area contributed by atoms with Gasteiger partial charge in [0.15, 0.2) is 0 Å². The highest BCUT2D eigenvalue weighted by molar-refractivity contribution is 5.38. The SMILES string of the molecule is CC1OC2(CC[N]CC2)c2ccccc21. The first-order valence-corrected chi connectivity index (χ1v) is 5.72. The lowest BCUT2D eigenvalue weighted by atomic mass is 9.84. The monoisotopic (exact) mass is 202 g/mol. The second-order valence-corrected chi connectivity index (χ2v) is 4.51. The molecule has 15 heavy (non-hydrogen) atoms. The van der Waals surface area contributed by atoms with E-state index in [4.69, 9.17) is 4.74 Å². The highest BCUT2D eigenvalue weighted by Gasteiger charge is 2.43. The standard InChI is InChI=1S/C13H16NO/c1-10-11-4-2-3-5-12(11)13(15-10)6-8-14-9-7-13/h2-5,10H,6-9H2,1H3. The molecule has 2 aliphatic rings. The summed E-state index contributed by atoms with van der Waals surface area (Å²) < 4.78 is 6.20. The highest BCUT2D eigenvalue weighted by atomic mass is 16.5. The second kappa shape index (κ2) is 3.32. The van der Waals surface area contributed by atoms with Crippen LogP contribution in [-0.2, 0) is 10.3 Å². The molecule has 1 fully saturated rings. The van der Waals surface area contributed by atoms with Gasteiger partial charge in [-0.3, -0.25) is 0 Å². The smallest absolute Gasteiger partial charge is 0.0968 e. The van der Waals surface area contributed by atoms with Gasteiger partial charge in [-0.1, -0.05) is 24.3 Å². The van der Waals surface area contributed by atoms with Gasteiger partial charge in [0, 0.05) is 13.1 Å². The predicted octanol–water partition coefficient (Wildman–Crippen LogP) is 2.37. The van der Waals surface area contributed by atoms with Gasteiger partial charge in [0.1, 0.15) is 0 Å². The van der Waals surface area contributed by atoms with Crippen molar-refractivity contribution in [1.82, 2.24) is 5.32 Å². The molecular weight excluding hydrogens is 186 g/mol. The molecule has 2 aliphatic heterocycles. The molecule has 1 spiro atoms. The summed E-state index contributed by atoms with van der Waals surface area (Å²) in [7, 11) is 0. The van der Waals surface area contributed by atoms with Crippen LogP contribution in [0.15, 0.2) is 24.3 Å². The van der Waals surface area contributed by atoms with Gasteiger partial charge in [-0.05, 0) is 30.9 Å². The second-order valence-electron chi connectivity index (χ2n) is 4.51. The Hall–Kier alpha value is -0.860. The maximum atomic E-state index is 6.20. The highest BCUT2D eigenvalue weighted by Crippen LogP contribution is 2.48. The summed E-state index contributed by atoms with van der Waals surface area (Å²) in [6.45, 7) is 4.04. The zero-order chi connectivity index (χ0) is 10.3. The van der Waals surface area contributed by atoms with Crippen molar-refractivity contribution in [2.24, 2.45) is 0 Å². The number of hydrogen-bond acceptors (Lipinski definition) is 1. The third-order valence-corrected chi connectivity index (χ3v) is 3.64. The Bertz CT molecular complexity index is 369. The predicted molar refractivity (Wildman–Crippen MR) is 58.7 cm³/mol. The van der Waals surface area contributed by atoms with Crippen molar-refractivity contribution in [1.29, 1.82) is 0 Å². The van der Waals surface area contributed by atoms with Crippen LogP contribution in [0.25, 0.3) is 0 Å². The lowest BCUT2D eigenvalue weighted by Crippen LogP contribution is -2.36. The van der Waals surface area contributed by atoms with Gasteiger partial charge in [0.2, 0.25) is 0 Å². The van der Waals surface area contributed by atoms with E-state index in [2.05, 4.69) is 36.5 Å². The van der Waals surface area contributed by atoms with E-state index >= 15 is 0 Å². The summed E-state index contributed by atoms with van der Waals surface area (Å²) in [6.07, 6.45) is 2.35. The number of rotatable bonds is 0. The number of benzene rings is 1. The number of nitrogens with zero attached hydrogens (tertiary/aromatic N) is 1. The largest absolute Gasteiger partial charge is 0.363 e. The van der Waals surface area contributed by atoms with Crippen LogP contribution in [0.4, 0.5) is 0 Å². The van der Waals surface area contributed by atoms with E-state index in [0.29, 0.717) is 0 Å². The molecule has 2 heteroatoms. The van der Waals surface area contributed by atoms with Gasteiger partial charge >= 0.3 is 0 Å². The molecule has 1 radical (unpaired) electrons. The molecule has 1 saturated heterocycles. The van der Waals surface area contributed by atoms with Gasteiger partial charge < -0.3 is 4.74 Å². The summed E-state index contributed by atoms with van der Waals surface area (Å²) in [5.74, 6) is 0. The van der Waals surface area contributed by atoms with E-state index in [1.807, 2.05) is 0 Å². The van der Waals surface area contributed by atoms with Crippen molar-refractivity contribution < 1.29 is 4.74 Å². The first kappa shape index (κ1) is 9.37. The van der Waals surface area contributed by atoms with Crippen LogP contribution in [-0.4, -0.2) is 13.1 Å². The number of fused-ring (bicyclic) bond motifs is 2. The first-order chi connectivity index (χ1) is 7.32. The van der Waals surface area contributed by atoms with Crippen LogP contribution in [0.1, 0.15) is 37.0 Å². The Balaban J connectivity index is 2.06. The number of hydrogen-bond donors (Lipinski definition) is 0. The van der Waals surface area contributed by atoms with Crippen LogP contribution in [0.2, 0.25) is 0 Å². The van der Waals surface area contributed by atoms with Gasteiger partial charge in [-0.15, -0.1) is 0 Å². The third-order valence-electron chi connectivity index (χ3n) is 3.64. The number of ether oxygens (including phenoxy) is 1. The molecule has 1 atom stereocenters. The molecule has 3 rings (SSSR count). The normalized spacial score (nSPS) is 27.9. The van der Waals surface area contributed by atoms with Crippen molar-refractivity contribution in [3.8, 4) is 0 Å². The summed E-state index contributed by atoms with van der Waals surface area (Å²) >= 11 is 0. The lowest BCUT2D eigenvalue weighted by molar-refractivity contribution is -0.0879. The molecule has 0 aromatic heterocycles. The molecular formula is C13H16NO. The minimum absolute atomic E-state index is 0.0161. The van der Waals surface area contributed by atoms with Crippen molar-refractivity contribution >= 4 is 0 Å². The summed E-state index contributed by atoms with van der Waals surface area (Å²) in [6, 6.07) is 8.64. The van der Waals surface area contributed by atoms with Crippen LogP contribution < -0.4 is 5.32 Å². The quantitative estimate of drug-likeness (QED) is 0.633. The van der Waals surface area contributed by atoms with E-state index in [1.54, 1.807) is 0 Å². The summed E-state index contributed by atoms with van der Waals surface area (Å²) in [4.78, 5) is 0. The Kier molecular flexibility index (Phi) is 2.08. The molecule has 0 bridgehead atoms. The molecule has 0 saturated carbocycles. The first-order valence-electron chi connectivity index (χ1n) is 5.72. The molecule has 0 aliphatic carbocycles. The minimum Gasteiger partial charge on any atom is -0.363 e. The van der Waals surface area contributed by atoms with Crippen LogP contribution in [0, 0.1) is 0 Å². The minimum atomic E-state index is -0.0161. The van der Waals surface area contributed by atoms with E-state index < -0.39 is 0 Å². The topological polar surface area (TPSA) is 23.3 Å². The maximum Gasteiger partial charge on any atom is 0.0968 e. The van der Waals surface area contributed by atoms with Crippen LogP contribution >= 0.6 is 0 Å².